The van der Waals surface area contributed by atoms with E-state index in [0.29, 0.717) is 0 Å². The van der Waals surface area contributed by atoms with Gasteiger partial charge in [0.1, 0.15) is 0 Å². The molecule has 0 spiro atoms. The highest BCUT2D eigenvalue weighted by molar-refractivity contribution is 6.44. The number of para-hydroxylation sites is 1. The summed E-state index contributed by atoms with van der Waals surface area (Å²) in [6, 6.07) is 8.25. The van der Waals surface area contributed by atoms with E-state index < -0.39 is 7.32 Å². The molecule has 3 aromatic rings. The summed E-state index contributed by atoms with van der Waals surface area (Å²) < 4.78 is 17.0. The smallest absolute Gasteiger partial charge is 0.486 e. The van der Waals surface area contributed by atoms with Gasteiger partial charge in [0.05, 0.1) is 10.9 Å². The van der Waals surface area contributed by atoms with Gasteiger partial charge in [0.25, 0.3) is 0 Å². The Hall–Kier alpha value is -2.30. The van der Waals surface area contributed by atoms with Gasteiger partial charge in [-0.3, -0.25) is 0 Å². The third-order valence-electron chi connectivity index (χ3n) is 3.92. The van der Waals surface area contributed by atoms with E-state index in [1.807, 2.05) is 12.1 Å². The maximum Gasteiger partial charge on any atom is 0.864 e. The van der Waals surface area contributed by atoms with Crippen molar-refractivity contribution in [2.45, 2.75) is 13.3 Å². The van der Waals surface area contributed by atoms with Crippen LogP contribution in [-0.4, -0.2) is 12.3 Å². The Morgan fingerprint density at radius 3 is 2.68 bits per heavy atom. The number of hydrogen-bond acceptors (Lipinski definition) is 3. The standard InChI is InChI=1S/C14H10BNO3/c1-2-7-11-10(8-5-3-4-6-9(8)16-11)13-14-12(7)17-15(18-13)19-14/h3-6,16H,2H2,1H3. The summed E-state index contributed by atoms with van der Waals surface area (Å²) in [5.41, 5.74) is 3.37. The fourth-order valence-electron chi connectivity index (χ4n) is 3.11. The summed E-state index contributed by atoms with van der Waals surface area (Å²) in [6.45, 7) is 2.12. The van der Waals surface area contributed by atoms with Gasteiger partial charge < -0.3 is 18.9 Å². The maximum atomic E-state index is 5.70. The van der Waals surface area contributed by atoms with Crippen LogP contribution >= 0.6 is 0 Å². The number of hydrogen-bond donors (Lipinski definition) is 1. The zero-order valence-corrected chi connectivity index (χ0v) is 10.3. The highest BCUT2D eigenvalue weighted by Gasteiger charge is 2.49. The minimum Gasteiger partial charge on any atom is -0.486 e. The van der Waals surface area contributed by atoms with Crippen molar-refractivity contribution < 1.29 is 14.0 Å². The van der Waals surface area contributed by atoms with Gasteiger partial charge in [-0.1, -0.05) is 25.1 Å². The molecule has 0 radical (unpaired) electrons. The molecule has 0 fully saturated rings. The van der Waals surface area contributed by atoms with Crippen molar-refractivity contribution in [3.63, 3.8) is 0 Å². The summed E-state index contributed by atoms with van der Waals surface area (Å²) >= 11 is 0. The lowest BCUT2D eigenvalue weighted by Gasteiger charge is -2.14. The van der Waals surface area contributed by atoms with E-state index in [0.717, 1.165) is 45.7 Å². The third kappa shape index (κ3) is 0.986. The van der Waals surface area contributed by atoms with Crippen molar-refractivity contribution in [2.24, 2.45) is 0 Å². The number of nitrogens with one attached hydrogen (secondary N) is 1. The fraction of sp³-hybridized carbons (Fsp3) is 0.143. The lowest BCUT2D eigenvalue weighted by atomic mass is 10.0. The Labute approximate surface area is 109 Å². The van der Waals surface area contributed by atoms with Gasteiger partial charge in [-0.05, 0) is 12.5 Å². The van der Waals surface area contributed by atoms with Gasteiger partial charge >= 0.3 is 7.32 Å². The summed E-state index contributed by atoms with van der Waals surface area (Å²) in [5, 5.41) is 2.28. The predicted molar refractivity (Wildman–Crippen MR) is 72.8 cm³/mol. The van der Waals surface area contributed by atoms with E-state index in [4.69, 9.17) is 14.0 Å². The average molecular weight is 251 g/mol. The zero-order valence-electron chi connectivity index (χ0n) is 10.3. The molecule has 4 nitrogen and oxygen atoms in total. The van der Waals surface area contributed by atoms with Gasteiger partial charge in [0.2, 0.25) is 0 Å². The van der Waals surface area contributed by atoms with E-state index in [1.54, 1.807) is 0 Å². The van der Waals surface area contributed by atoms with Crippen LogP contribution in [0.4, 0.5) is 0 Å². The second-order valence-electron chi connectivity index (χ2n) is 4.88. The van der Waals surface area contributed by atoms with Crippen LogP contribution in [0.25, 0.3) is 21.8 Å². The first kappa shape index (κ1) is 9.61. The minimum absolute atomic E-state index is 0.594. The van der Waals surface area contributed by atoms with Crippen LogP contribution in [0, 0.1) is 0 Å². The van der Waals surface area contributed by atoms with Gasteiger partial charge in [-0.25, -0.2) is 0 Å². The molecule has 5 heteroatoms. The number of rotatable bonds is 1. The number of aromatic nitrogens is 1. The average Bonchev–Trinajstić information content (AvgIpc) is 3.09. The molecular formula is C14H10BNO3. The SMILES string of the molecule is CCc1c2c3c(c4c1[nH]c1ccccc14)OB(O2)O3. The van der Waals surface area contributed by atoms with E-state index in [2.05, 4.69) is 24.0 Å². The molecule has 0 saturated carbocycles. The Morgan fingerprint density at radius 2 is 1.84 bits per heavy atom. The van der Waals surface area contributed by atoms with Crippen molar-refractivity contribution in [1.82, 2.24) is 4.98 Å². The maximum absolute atomic E-state index is 5.70. The molecule has 2 bridgehead atoms. The molecule has 0 amide bonds. The van der Waals surface area contributed by atoms with E-state index in [1.165, 1.54) is 5.39 Å². The van der Waals surface area contributed by atoms with Crippen LogP contribution in [0.15, 0.2) is 24.3 Å². The predicted octanol–water partition coefficient (Wildman–Crippen LogP) is 3.03. The van der Waals surface area contributed by atoms with Gasteiger partial charge in [0, 0.05) is 16.5 Å². The van der Waals surface area contributed by atoms with Crippen LogP contribution in [0.1, 0.15) is 12.5 Å². The first-order chi connectivity index (χ1) is 9.36. The molecule has 0 saturated heterocycles. The summed E-state index contributed by atoms with van der Waals surface area (Å²) in [7, 11) is -0.594. The van der Waals surface area contributed by atoms with Crippen molar-refractivity contribution >= 4 is 29.1 Å². The second kappa shape index (κ2) is 2.99. The quantitative estimate of drug-likeness (QED) is 0.676. The van der Waals surface area contributed by atoms with Crippen molar-refractivity contribution in [2.75, 3.05) is 0 Å². The molecule has 2 aliphatic heterocycles. The number of aryl methyl sites for hydroxylation is 1. The summed E-state index contributed by atoms with van der Waals surface area (Å²) in [4.78, 5) is 3.48. The topological polar surface area (TPSA) is 43.5 Å². The van der Waals surface area contributed by atoms with Gasteiger partial charge in [-0.2, -0.15) is 0 Å². The molecule has 1 N–H and O–H groups in total. The molecule has 0 unspecified atom stereocenters. The number of aromatic amines is 1. The molecule has 5 rings (SSSR count). The highest BCUT2D eigenvalue weighted by atomic mass is 16.8. The van der Waals surface area contributed by atoms with E-state index in [9.17, 15) is 0 Å². The van der Waals surface area contributed by atoms with E-state index in [-0.39, 0.29) is 0 Å². The molecule has 1 aromatic heterocycles. The molecule has 19 heavy (non-hydrogen) atoms. The van der Waals surface area contributed by atoms with Crippen LogP contribution < -0.4 is 14.0 Å². The van der Waals surface area contributed by atoms with Crippen LogP contribution in [0.5, 0.6) is 17.2 Å². The highest BCUT2D eigenvalue weighted by Crippen LogP contribution is 2.55. The molecule has 0 aliphatic carbocycles. The Kier molecular flexibility index (Phi) is 1.51. The normalized spacial score (nSPS) is 14.9. The van der Waals surface area contributed by atoms with Crippen molar-refractivity contribution in [3.05, 3.63) is 29.8 Å². The Balaban J connectivity index is 2.08. The lowest BCUT2D eigenvalue weighted by molar-refractivity contribution is 0.384. The van der Waals surface area contributed by atoms with Crippen LogP contribution in [-0.2, 0) is 6.42 Å². The fourth-order valence-corrected chi connectivity index (χ4v) is 3.11. The Bertz CT molecular complexity index is 855. The molecule has 2 aliphatic rings. The first-order valence-corrected chi connectivity index (χ1v) is 6.46. The number of benzene rings is 2. The molecule has 92 valence electrons. The monoisotopic (exact) mass is 251 g/mol. The Morgan fingerprint density at radius 1 is 1.05 bits per heavy atom. The van der Waals surface area contributed by atoms with Gasteiger partial charge in [0.15, 0.2) is 17.2 Å². The van der Waals surface area contributed by atoms with E-state index >= 15 is 0 Å². The number of H-pyrrole nitrogens is 1. The van der Waals surface area contributed by atoms with Crippen LogP contribution in [0.2, 0.25) is 0 Å². The number of fused-ring (bicyclic) bond motifs is 5. The van der Waals surface area contributed by atoms with Gasteiger partial charge in [-0.15, -0.1) is 0 Å². The largest absolute Gasteiger partial charge is 0.864 e. The molecule has 0 atom stereocenters. The minimum atomic E-state index is -0.594. The molecule has 3 heterocycles. The summed E-state index contributed by atoms with van der Waals surface area (Å²) in [5.74, 6) is 2.42. The van der Waals surface area contributed by atoms with Crippen LogP contribution in [0.3, 0.4) is 0 Å². The molecule has 2 aromatic carbocycles. The second-order valence-corrected chi connectivity index (χ2v) is 4.88. The first-order valence-electron chi connectivity index (χ1n) is 6.46. The van der Waals surface area contributed by atoms with Crippen molar-refractivity contribution in [3.8, 4) is 17.2 Å². The summed E-state index contributed by atoms with van der Waals surface area (Å²) in [6.07, 6.45) is 0.891. The molecular weight excluding hydrogens is 241 g/mol. The lowest BCUT2D eigenvalue weighted by Crippen LogP contribution is -2.29. The third-order valence-corrected chi connectivity index (χ3v) is 3.92. The van der Waals surface area contributed by atoms with Crippen molar-refractivity contribution in [1.29, 1.82) is 0 Å². The zero-order chi connectivity index (χ0) is 12.6.